The van der Waals surface area contributed by atoms with E-state index in [1.54, 1.807) is 30.3 Å². The van der Waals surface area contributed by atoms with Gasteiger partial charge in [-0.1, -0.05) is 17.7 Å². The van der Waals surface area contributed by atoms with Crippen LogP contribution in [-0.2, 0) is 10.0 Å². The van der Waals surface area contributed by atoms with E-state index < -0.39 is 14.9 Å². The number of benzene rings is 1. The number of piperidine rings is 1. The Balaban J connectivity index is 1.60. The van der Waals surface area contributed by atoms with E-state index in [9.17, 15) is 18.5 Å². The average molecular weight is 389 g/mol. The number of hydrazone groups is 1. The molecule has 0 unspecified atom stereocenters. The van der Waals surface area contributed by atoms with Crippen molar-refractivity contribution in [3.63, 3.8) is 0 Å². The Morgan fingerprint density at radius 1 is 1.15 bits per heavy atom. The quantitative estimate of drug-likeness (QED) is 0.619. The van der Waals surface area contributed by atoms with E-state index in [0.717, 1.165) is 17.0 Å². The first-order chi connectivity index (χ1) is 12.8. The molecule has 1 aliphatic rings. The third-order valence-corrected chi connectivity index (χ3v) is 5.50. The number of aromatic nitrogens is 1. The molecule has 1 aromatic heterocycles. The Bertz CT molecular complexity index is 946. The summed E-state index contributed by atoms with van der Waals surface area (Å²) in [5.74, 6) is -0.191. The molecule has 1 N–H and O–H groups in total. The van der Waals surface area contributed by atoms with Gasteiger partial charge in [0.05, 0.1) is 10.6 Å². The summed E-state index contributed by atoms with van der Waals surface area (Å²) in [4.78, 5) is 18.4. The van der Waals surface area contributed by atoms with E-state index in [1.165, 1.54) is 12.3 Å². The largest absolute Gasteiger partial charge is 0.368 e. The van der Waals surface area contributed by atoms with Crippen molar-refractivity contribution < 1.29 is 13.3 Å². The Labute approximate surface area is 156 Å². The van der Waals surface area contributed by atoms with Crippen LogP contribution in [0, 0.1) is 17.0 Å². The topological polar surface area (TPSA) is 118 Å². The maximum Gasteiger partial charge on any atom is 0.363 e. The van der Waals surface area contributed by atoms with Gasteiger partial charge in [0.2, 0.25) is 0 Å². The van der Waals surface area contributed by atoms with Crippen LogP contribution in [0.5, 0.6) is 0 Å². The maximum absolute atomic E-state index is 12.3. The number of hydrogen-bond donors (Lipinski definition) is 1. The van der Waals surface area contributed by atoms with Gasteiger partial charge in [0.15, 0.2) is 6.20 Å². The monoisotopic (exact) mass is 389 g/mol. The number of nitro groups is 1. The van der Waals surface area contributed by atoms with Gasteiger partial charge in [0, 0.05) is 37.7 Å². The molecule has 1 aromatic carbocycles. The summed E-state index contributed by atoms with van der Waals surface area (Å²) in [6.07, 6.45) is 2.65. The van der Waals surface area contributed by atoms with Gasteiger partial charge < -0.3 is 15.0 Å². The number of rotatable bonds is 5. The van der Waals surface area contributed by atoms with E-state index >= 15 is 0 Å². The molecule has 9 nitrogen and oxygen atoms in total. The molecule has 0 amide bonds. The highest BCUT2D eigenvalue weighted by atomic mass is 32.2. The lowest BCUT2D eigenvalue weighted by Crippen LogP contribution is -2.35. The molecular weight excluding hydrogens is 370 g/mol. The number of anilines is 1. The first-order valence-corrected chi connectivity index (χ1v) is 9.83. The normalized spacial score (nSPS) is 14.7. The molecule has 1 fully saturated rings. The minimum atomic E-state index is -3.68. The second-order valence-corrected chi connectivity index (χ2v) is 7.87. The van der Waals surface area contributed by atoms with Crippen molar-refractivity contribution in [3.05, 3.63) is 58.3 Å². The van der Waals surface area contributed by atoms with Crippen LogP contribution in [0.25, 0.3) is 0 Å². The Morgan fingerprint density at radius 2 is 1.81 bits per heavy atom. The maximum atomic E-state index is 12.3. The number of aryl methyl sites for hydroxylation is 1. The Kier molecular flexibility index (Phi) is 5.36. The molecule has 0 bridgehead atoms. The molecule has 2 heterocycles. The highest BCUT2D eigenvalue weighted by Crippen LogP contribution is 2.20. The summed E-state index contributed by atoms with van der Waals surface area (Å²) in [6, 6.07) is 9.59. The van der Waals surface area contributed by atoms with Crippen molar-refractivity contribution in [2.24, 2.45) is 5.10 Å². The molecule has 3 rings (SSSR count). The fraction of sp³-hybridized carbons (Fsp3) is 0.294. The van der Waals surface area contributed by atoms with Crippen LogP contribution in [0.3, 0.4) is 0 Å². The Hall–Kier alpha value is -3.01. The minimum absolute atomic E-state index is 0.173. The molecule has 27 heavy (non-hydrogen) atoms. The van der Waals surface area contributed by atoms with Crippen LogP contribution >= 0.6 is 0 Å². The smallest absolute Gasteiger partial charge is 0.363 e. The number of nitrogens with zero attached hydrogens (tertiary/aromatic N) is 4. The van der Waals surface area contributed by atoms with Crippen molar-refractivity contribution in [2.45, 2.75) is 24.7 Å². The van der Waals surface area contributed by atoms with E-state index in [1.807, 2.05) is 11.8 Å². The number of pyridine rings is 1. The lowest BCUT2D eigenvalue weighted by Gasteiger charge is -2.28. The van der Waals surface area contributed by atoms with E-state index in [4.69, 9.17) is 0 Å². The van der Waals surface area contributed by atoms with Gasteiger partial charge in [0.1, 0.15) is 0 Å². The summed E-state index contributed by atoms with van der Waals surface area (Å²) in [5.41, 5.74) is 2.53. The Morgan fingerprint density at radius 3 is 2.37 bits per heavy atom. The van der Waals surface area contributed by atoms with Crippen molar-refractivity contribution in [1.82, 2.24) is 9.82 Å². The predicted octanol–water partition coefficient (Wildman–Crippen LogP) is 2.23. The fourth-order valence-corrected chi connectivity index (χ4v) is 3.55. The highest BCUT2D eigenvalue weighted by molar-refractivity contribution is 7.89. The SMILES string of the molecule is Cc1ccc(S(=O)(=O)NN=C2CCN(c3ccc([N+](=O)[O-])nc3)CC2)cc1. The lowest BCUT2D eigenvalue weighted by atomic mass is 10.1. The van der Waals surface area contributed by atoms with Crippen LogP contribution in [0.15, 0.2) is 52.6 Å². The third-order valence-electron chi connectivity index (χ3n) is 4.28. The molecule has 0 spiro atoms. The van der Waals surface area contributed by atoms with Crippen molar-refractivity contribution >= 4 is 27.2 Å². The number of hydrogen-bond acceptors (Lipinski definition) is 7. The summed E-state index contributed by atoms with van der Waals surface area (Å²) < 4.78 is 24.5. The fourth-order valence-electron chi connectivity index (χ4n) is 2.70. The average Bonchev–Trinajstić information content (AvgIpc) is 2.67. The molecule has 0 aliphatic carbocycles. The van der Waals surface area contributed by atoms with Gasteiger partial charge in [-0.25, -0.2) is 4.83 Å². The molecule has 10 heteroatoms. The van der Waals surface area contributed by atoms with Gasteiger partial charge in [0.25, 0.3) is 10.0 Å². The van der Waals surface area contributed by atoms with Crippen LogP contribution in [-0.4, -0.2) is 37.1 Å². The number of nitrogens with one attached hydrogen (secondary N) is 1. The molecule has 0 atom stereocenters. The van der Waals surface area contributed by atoms with Gasteiger partial charge in [-0.3, -0.25) is 0 Å². The first-order valence-electron chi connectivity index (χ1n) is 8.34. The second-order valence-electron chi connectivity index (χ2n) is 6.20. The van der Waals surface area contributed by atoms with Crippen LogP contribution in [0.2, 0.25) is 0 Å². The number of sulfonamides is 1. The summed E-state index contributed by atoms with van der Waals surface area (Å²) in [5, 5.41) is 14.7. The summed E-state index contributed by atoms with van der Waals surface area (Å²) in [7, 11) is -3.68. The second kappa shape index (κ2) is 7.70. The molecule has 2 aromatic rings. The molecule has 0 saturated carbocycles. The van der Waals surface area contributed by atoms with Gasteiger partial charge >= 0.3 is 5.82 Å². The summed E-state index contributed by atoms with van der Waals surface area (Å²) in [6.45, 7) is 3.15. The van der Waals surface area contributed by atoms with Gasteiger partial charge in [-0.05, 0) is 35.0 Å². The molecule has 0 radical (unpaired) electrons. The first kappa shape index (κ1) is 18.8. The van der Waals surface area contributed by atoms with Crippen LogP contribution in [0.1, 0.15) is 18.4 Å². The summed E-state index contributed by atoms with van der Waals surface area (Å²) >= 11 is 0. The van der Waals surface area contributed by atoms with E-state index in [2.05, 4.69) is 14.9 Å². The lowest BCUT2D eigenvalue weighted by molar-refractivity contribution is -0.389. The van der Waals surface area contributed by atoms with E-state index in [-0.39, 0.29) is 10.7 Å². The third kappa shape index (κ3) is 4.59. The van der Waals surface area contributed by atoms with Crippen molar-refractivity contribution in [1.29, 1.82) is 0 Å². The van der Waals surface area contributed by atoms with Gasteiger partial charge in [-0.15, -0.1) is 0 Å². The highest BCUT2D eigenvalue weighted by Gasteiger charge is 2.19. The molecule has 1 aliphatic heterocycles. The van der Waals surface area contributed by atoms with Crippen LogP contribution in [0.4, 0.5) is 11.5 Å². The molecule has 1 saturated heterocycles. The molecular formula is C17H19N5O4S. The van der Waals surface area contributed by atoms with Crippen molar-refractivity contribution in [3.8, 4) is 0 Å². The zero-order valence-corrected chi connectivity index (χ0v) is 15.5. The predicted molar refractivity (Wildman–Crippen MR) is 101 cm³/mol. The zero-order valence-electron chi connectivity index (χ0n) is 14.7. The standard InChI is InChI=1S/C17H19N5O4S/c1-13-2-5-16(6-3-13)27(25,26)20-19-14-8-10-21(11-9-14)15-4-7-17(18-12-15)22(23)24/h2-7,12,20H,8-11H2,1H3. The zero-order chi connectivity index (χ0) is 19.4. The van der Waals surface area contributed by atoms with Crippen molar-refractivity contribution in [2.75, 3.05) is 18.0 Å². The van der Waals surface area contributed by atoms with Gasteiger partial charge in [-0.2, -0.15) is 13.5 Å². The van der Waals surface area contributed by atoms with Crippen LogP contribution < -0.4 is 9.73 Å². The minimum Gasteiger partial charge on any atom is -0.368 e. The molecule has 142 valence electrons. The van der Waals surface area contributed by atoms with E-state index in [0.29, 0.717) is 25.9 Å².